The third kappa shape index (κ3) is 4.55. The van der Waals surface area contributed by atoms with Crippen LogP contribution in [0.15, 0.2) is 24.3 Å². The lowest BCUT2D eigenvalue weighted by atomic mass is 9.91. The lowest BCUT2D eigenvalue weighted by Crippen LogP contribution is -2.26. The van der Waals surface area contributed by atoms with Gasteiger partial charge in [0.2, 0.25) is 0 Å². The predicted molar refractivity (Wildman–Crippen MR) is 93.5 cm³/mol. The summed E-state index contributed by atoms with van der Waals surface area (Å²) in [4.78, 5) is 0. The van der Waals surface area contributed by atoms with E-state index >= 15 is 0 Å². The number of halogens is 7. The summed E-state index contributed by atoms with van der Waals surface area (Å²) in [5.41, 5.74) is -1.66. The summed E-state index contributed by atoms with van der Waals surface area (Å²) < 4.78 is 107. The Morgan fingerprint density at radius 1 is 0.967 bits per heavy atom. The normalized spacial score (nSPS) is 19.7. The molecule has 3 rings (SSSR count). The van der Waals surface area contributed by atoms with E-state index in [0.29, 0.717) is 25.0 Å². The molecule has 164 valence electrons. The van der Waals surface area contributed by atoms with E-state index in [0.717, 1.165) is 25.3 Å². The van der Waals surface area contributed by atoms with Crippen molar-refractivity contribution in [1.82, 2.24) is 0 Å². The van der Waals surface area contributed by atoms with E-state index in [4.69, 9.17) is 4.74 Å². The number of benzene rings is 2. The average molecular weight is 436 g/mol. The molecule has 2 aromatic rings. The monoisotopic (exact) mass is 436 g/mol. The van der Waals surface area contributed by atoms with Crippen LogP contribution in [-0.2, 0) is 10.8 Å². The van der Waals surface area contributed by atoms with E-state index in [1.807, 2.05) is 6.92 Å². The Labute approximate surface area is 168 Å². The molecule has 1 aliphatic rings. The first-order valence-corrected chi connectivity index (χ1v) is 9.45. The minimum absolute atomic E-state index is 0.178. The average Bonchev–Trinajstić information content (AvgIpc) is 2.68. The van der Waals surface area contributed by atoms with E-state index in [-0.39, 0.29) is 17.7 Å². The standard InChI is InChI=1S/C21H19F7O2/c1-2-3-11-4-7-17(29-10-11)13-5-6-14(19(25)18(13)24)21(27,28)30-12-8-15(22)20(26)16(23)9-12/h5-6,8-9,11,17H,2-4,7,10H2,1H3. The second-order valence-electron chi connectivity index (χ2n) is 7.20. The van der Waals surface area contributed by atoms with E-state index in [1.54, 1.807) is 0 Å². The predicted octanol–water partition coefficient (Wildman–Crippen LogP) is 6.78. The van der Waals surface area contributed by atoms with Gasteiger partial charge in [0.15, 0.2) is 29.1 Å². The van der Waals surface area contributed by atoms with E-state index in [1.165, 1.54) is 0 Å². The van der Waals surface area contributed by atoms with Crippen molar-refractivity contribution in [2.75, 3.05) is 6.61 Å². The summed E-state index contributed by atoms with van der Waals surface area (Å²) in [5, 5.41) is 0. The summed E-state index contributed by atoms with van der Waals surface area (Å²) in [5.74, 6) is -9.55. The van der Waals surface area contributed by atoms with E-state index in [9.17, 15) is 30.7 Å². The van der Waals surface area contributed by atoms with E-state index < -0.39 is 52.6 Å². The van der Waals surface area contributed by atoms with Gasteiger partial charge in [-0.3, -0.25) is 0 Å². The number of hydrogen-bond acceptors (Lipinski definition) is 2. The molecule has 2 nitrogen and oxygen atoms in total. The molecule has 2 atom stereocenters. The summed E-state index contributed by atoms with van der Waals surface area (Å²) >= 11 is 0. The maximum atomic E-state index is 14.5. The van der Waals surface area contributed by atoms with Crippen molar-refractivity contribution >= 4 is 0 Å². The summed E-state index contributed by atoms with van der Waals surface area (Å²) in [7, 11) is 0. The van der Waals surface area contributed by atoms with Crippen LogP contribution in [0.1, 0.15) is 49.8 Å². The zero-order valence-corrected chi connectivity index (χ0v) is 16.0. The summed E-state index contributed by atoms with van der Waals surface area (Å²) in [6.45, 7) is 2.39. The van der Waals surface area contributed by atoms with Crippen molar-refractivity contribution in [3.05, 3.63) is 64.5 Å². The minimum Gasteiger partial charge on any atom is -0.429 e. The van der Waals surface area contributed by atoms with Crippen LogP contribution in [0.25, 0.3) is 0 Å². The molecule has 1 saturated heterocycles. The fraction of sp³-hybridized carbons (Fsp3) is 0.429. The van der Waals surface area contributed by atoms with Gasteiger partial charge in [-0.25, -0.2) is 22.0 Å². The molecule has 0 N–H and O–H groups in total. The van der Waals surface area contributed by atoms with Gasteiger partial charge in [0.1, 0.15) is 11.3 Å². The molecule has 1 heterocycles. The number of alkyl halides is 2. The maximum Gasteiger partial charge on any atom is 0.429 e. The molecule has 0 amide bonds. The van der Waals surface area contributed by atoms with Gasteiger partial charge in [-0.2, -0.15) is 8.78 Å². The summed E-state index contributed by atoms with van der Waals surface area (Å²) in [6, 6.07) is 1.96. The molecule has 2 aromatic carbocycles. The molecule has 9 heteroatoms. The molecule has 0 bridgehead atoms. The van der Waals surface area contributed by atoms with Crippen LogP contribution in [-0.4, -0.2) is 6.61 Å². The lowest BCUT2D eigenvalue weighted by molar-refractivity contribution is -0.188. The molecule has 0 aliphatic carbocycles. The number of hydrogen-bond donors (Lipinski definition) is 0. The third-order valence-electron chi connectivity index (χ3n) is 5.04. The highest BCUT2D eigenvalue weighted by Crippen LogP contribution is 2.39. The Bertz CT molecular complexity index is 885. The van der Waals surface area contributed by atoms with Crippen LogP contribution >= 0.6 is 0 Å². The highest BCUT2D eigenvalue weighted by Gasteiger charge is 2.40. The van der Waals surface area contributed by atoms with Crippen molar-refractivity contribution in [2.24, 2.45) is 5.92 Å². The Kier molecular flexibility index (Phi) is 6.59. The lowest BCUT2D eigenvalue weighted by Gasteiger charge is -2.29. The van der Waals surface area contributed by atoms with Gasteiger partial charge in [-0.1, -0.05) is 19.4 Å². The molecule has 2 unspecified atom stereocenters. The van der Waals surface area contributed by atoms with Crippen molar-refractivity contribution in [2.45, 2.75) is 44.8 Å². The molecular weight excluding hydrogens is 417 g/mol. The van der Waals surface area contributed by atoms with Crippen LogP contribution in [0, 0.1) is 35.0 Å². The Balaban J connectivity index is 1.82. The third-order valence-corrected chi connectivity index (χ3v) is 5.04. The SMILES string of the molecule is CCCC1CCC(c2ccc(C(F)(F)Oc3cc(F)c(F)c(F)c3)c(F)c2F)OC1. The Morgan fingerprint density at radius 3 is 2.20 bits per heavy atom. The van der Waals surface area contributed by atoms with Crippen molar-refractivity contribution in [1.29, 1.82) is 0 Å². The van der Waals surface area contributed by atoms with Crippen LogP contribution in [0.3, 0.4) is 0 Å². The first-order valence-electron chi connectivity index (χ1n) is 9.45. The molecule has 0 aromatic heterocycles. The Hall–Kier alpha value is -2.29. The quantitative estimate of drug-likeness (QED) is 0.367. The fourth-order valence-corrected chi connectivity index (χ4v) is 3.52. The zero-order chi connectivity index (χ0) is 22.1. The topological polar surface area (TPSA) is 18.5 Å². The molecule has 0 spiro atoms. The molecular formula is C21H19F7O2. The van der Waals surface area contributed by atoms with Gasteiger partial charge >= 0.3 is 6.11 Å². The van der Waals surface area contributed by atoms with Gasteiger partial charge < -0.3 is 9.47 Å². The number of rotatable bonds is 6. The largest absolute Gasteiger partial charge is 0.429 e. The zero-order valence-electron chi connectivity index (χ0n) is 16.0. The highest BCUT2D eigenvalue weighted by molar-refractivity contribution is 5.32. The van der Waals surface area contributed by atoms with E-state index in [2.05, 4.69) is 4.74 Å². The maximum absolute atomic E-state index is 14.5. The number of ether oxygens (including phenoxy) is 2. The van der Waals surface area contributed by atoms with Crippen molar-refractivity contribution < 1.29 is 40.2 Å². The van der Waals surface area contributed by atoms with Crippen LogP contribution in [0.2, 0.25) is 0 Å². The first kappa shape index (κ1) is 22.4. The van der Waals surface area contributed by atoms with Gasteiger partial charge in [0, 0.05) is 17.7 Å². The van der Waals surface area contributed by atoms with Gasteiger partial charge in [-0.05, 0) is 31.2 Å². The second kappa shape index (κ2) is 8.83. The highest BCUT2D eigenvalue weighted by atomic mass is 19.3. The smallest absolute Gasteiger partial charge is 0.429 e. The molecule has 1 fully saturated rings. The van der Waals surface area contributed by atoms with Crippen LogP contribution in [0.5, 0.6) is 5.75 Å². The van der Waals surface area contributed by atoms with Crippen molar-refractivity contribution in [3.8, 4) is 5.75 Å². The van der Waals surface area contributed by atoms with Gasteiger partial charge in [0.05, 0.1) is 12.7 Å². The van der Waals surface area contributed by atoms with Gasteiger partial charge in [0.25, 0.3) is 0 Å². The van der Waals surface area contributed by atoms with Crippen LogP contribution in [0.4, 0.5) is 30.7 Å². The fourth-order valence-electron chi connectivity index (χ4n) is 3.52. The Morgan fingerprint density at radius 2 is 1.63 bits per heavy atom. The molecule has 0 saturated carbocycles. The van der Waals surface area contributed by atoms with Gasteiger partial charge in [-0.15, -0.1) is 0 Å². The molecule has 0 radical (unpaired) electrons. The minimum atomic E-state index is -4.47. The van der Waals surface area contributed by atoms with Crippen LogP contribution < -0.4 is 4.74 Å². The molecule has 1 aliphatic heterocycles. The summed E-state index contributed by atoms with van der Waals surface area (Å²) in [6.07, 6.45) is -2.18. The molecule has 30 heavy (non-hydrogen) atoms. The first-order chi connectivity index (χ1) is 14.1. The second-order valence-corrected chi connectivity index (χ2v) is 7.20. The van der Waals surface area contributed by atoms with Crippen molar-refractivity contribution in [3.63, 3.8) is 0 Å².